The van der Waals surface area contributed by atoms with Gasteiger partial charge >= 0.3 is 0 Å². The standard InChI is InChI=1S/C18H18N2O5/c21-16-4-2-1-3-13(16)7-10-17(22)19-11-12-25-15-8-5-14(6-9-15)18(23)20-24/h1-10,21,24H,11-12H2,(H,19,22)(H,20,23)/b10-7+. The van der Waals surface area contributed by atoms with E-state index in [1.54, 1.807) is 41.9 Å². The van der Waals surface area contributed by atoms with Gasteiger partial charge in [-0.2, -0.15) is 0 Å². The van der Waals surface area contributed by atoms with Gasteiger partial charge in [-0.05, 0) is 36.4 Å². The van der Waals surface area contributed by atoms with Crippen LogP contribution in [0.15, 0.2) is 54.6 Å². The zero-order chi connectivity index (χ0) is 18.1. The number of amides is 2. The molecule has 0 atom stereocenters. The molecule has 2 amide bonds. The Morgan fingerprint density at radius 2 is 1.80 bits per heavy atom. The number of nitrogens with one attached hydrogen (secondary N) is 2. The molecule has 0 aliphatic rings. The number of benzene rings is 2. The second-order valence-electron chi connectivity index (χ2n) is 5.00. The van der Waals surface area contributed by atoms with E-state index in [0.29, 0.717) is 23.4 Å². The first-order chi connectivity index (χ1) is 12.1. The van der Waals surface area contributed by atoms with Crippen molar-refractivity contribution in [3.05, 3.63) is 65.7 Å². The highest BCUT2D eigenvalue weighted by molar-refractivity contribution is 5.93. The predicted molar refractivity (Wildman–Crippen MR) is 91.3 cm³/mol. The van der Waals surface area contributed by atoms with Gasteiger partial charge in [0.1, 0.15) is 18.1 Å². The van der Waals surface area contributed by atoms with E-state index in [2.05, 4.69) is 5.32 Å². The van der Waals surface area contributed by atoms with Crippen LogP contribution in [0, 0.1) is 0 Å². The second kappa shape index (κ2) is 9.09. The molecule has 4 N–H and O–H groups in total. The fourth-order valence-corrected chi connectivity index (χ4v) is 1.96. The number of rotatable bonds is 7. The molecular weight excluding hydrogens is 324 g/mol. The molecule has 0 radical (unpaired) electrons. The monoisotopic (exact) mass is 342 g/mol. The molecule has 0 saturated carbocycles. The molecule has 25 heavy (non-hydrogen) atoms. The maximum Gasteiger partial charge on any atom is 0.274 e. The predicted octanol–water partition coefficient (Wildman–Crippen LogP) is 1.72. The SMILES string of the molecule is O=C(/C=C/c1ccccc1O)NCCOc1ccc(C(=O)NO)cc1. The number of hydroxylamine groups is 1. The lowest BCUT2D eigenvalue weighted by Crippen LogP contribution is -2.26. The number of aromatic hydroxyl groups is 1. The quantitative estimate of drug-likeness (QED) is 0.265. The average molecular weight is 342 g/mol. The number of para-hydroxylation sites is 1. The molecule has 0 aliphatic heterocycles. The first kappa shape index (κ1) is 18.0. The van der Waals surface area contributed by atoms with E-state index in [-0.39, 0.29) is 18.3 Å². The van der Waals surface area contributed by atoms with Gasteiger partial charge in [0.05, 0.1) is 6.54 Å². The summed E-state index contributed by atoms with van der Waals surface area (Å²) in [7, 11) is 0. The van der Waals surface area contributed by atoms with Gasteiger partial charge < -0.3 is 15.2 Å². The van der Waals surface area contributed by atoms with Gasteiger partial charge in [0.25, 0.3) is 5.91 Å². The molecule has 2 aromatic rings. The molecular formula is C18H18N2O5. The highest BCUT2D eigenvalue weighted by Crippen LogP contribution is 2.16. The Morgan fingerprint density at radius 3 is 2.48 bits per heavy atom. The minimum atomic E-state index is -0.602. The lowest BCUT2D eigenvalue weighted by atomic mass is 10.2. The minimum absolute atomic E-state index is 0.105. The molecule has 0 bridgehead atoms. The fraction of sp³-hybridized carbons (Fsp3) is 0.111. The summed E-state index contributed by atoms with van der Waals surface area (Å²) in [5, 5.41) is 20.8. The van der Waals surface area contributed by atoms with E-state index < -0.39 is 5.91 Å². The van der Waals surface area contributed by atoms with Crippen LogP contribution in [0.1, 0.15) is 15.9 Å². The third-order valence-electron chi connectivity index (χ3n) is 3.24. The van der Waals surface area contributed by atoms with Gasteiger partial charge in [0.15, 0.2) is 0 Å². The summed E-state index contributed by atoms with van der Waals surface area (Å²) in [5.41, 5.74) is 2.40. The Labute approximate surface area is 144 Å². The van der Waals surface area contributed by atoms with E-state index in [1.807, 2.05) is 0 Å². The summed E-state index contributed by atoms with van der Waals surface area (Å²) in [6, 6.07) is 12.9. The van der Waals surface area contributed by atoms with E-state index in [1.165, 1.54) is 24.3 Å². The largest absolute Gasteiger partial charge is 0.507 e. The molecule has 2 aromatic carbocycles. The van der Waals surface area contributed by atoms with E-state index in [4.69, 9.17) is 9.94 Å². The molecule has 0 unspecified atom stereocenters. The number of phenols is 1. The molecule has 0 fully saturated rings. The van der Waals surface area contributed by atoms with Crippen LogP contribution in [0.5, 0.6) is 11.5 Å². The average Bonchev–Trinajstić information content (AvgIpc) is 2.64. The summed E-state index contributed by atoms with van der Waals surface area (Å²) in [6.45, 7) is 0.546. The Morgan fingerprint density at radius 1 is 1.08 bits per heavy atom. The normalized spacial score (nSPS) is 10.4. The summed E-state index contributed by atoms with van der Waals surface area (Å²) in [5.74, 6) is -0.265. The van der Waals surface area contributed by atoms with Crippen LogP contribution >= 0.6 is 0 Å². The third-order valence-corrected chi connectivity index (χ3v) is 3.24. The molecule has 2 rings (SSSR count). The lowest BCUT2D eigenvalue weighted by molar-refractivity contribution is -0.116. The fourth-order valence-electron chi connectivity index (χ4n) is 1.96. The molecule has 7 nitrogen and oxygen atoms in total. The van der Waals surface area contributed by atoms with Crippen molar-refractivity contribution in [1.82, 2.24) is 10.8 Å². The van der Waals surface area contributed by atoms with Gasteiger partial charge in [0, 0.05) is 17.2 Å². The van der Waals surface area contributed by atoms with E-state index in [9.17, 15) is 14.7 Å². The summed E-state index contributed by atoms with van der Waals surface area (Å²) in [4.78, 5) is 22.9. The summed E-state index contributed by atoms with van der Waals surface area (Å²) >= 11 is 0. The maximum absolute atomic E-state index is 11.7. The summed E-state index contributed by atoms with van der Waals surface area (Å²) in [6.07, 6.45) is 2.85. The van der Waals surface area contributed by atoms with Crippen LogP contribution in [-0.2, 0) is 4.79 Å². The number of phenolic OH excluding ortho intramolecular Hbond substituents is 1. The summed E-state index contributed by atoms with van der Waals surface area (Å²) < 4.78 is 5.43. The van der Waals surface area contributed by atoms with E-state index >= 15 is 0 Å². The Hall–Kier alpha value is -3.32. The first-order valence-corrected chi connectivity index (χ1v) is 7.51. The molecule has 0 aliphatic carbocycles. The highest BCUT2D eigenvalue weighted by Gasteiger charge is 2.03. The topological polar surface area (TPSA) is 108 Å². The van der Waals surface area contributed by atoms with Gasteiger partial charge in [-0.25, -0.2) is 5.48 Å². The molecule has 0 spiro atoms. The minimum Gasteiger partial charge on any atom is -0.507 e. The molecule has 0 aromatic heterocycles. The van der Waals surface area contributed by atoms with Crippen LogP contribution in [0.25, 0.3) is 6.08 Å². The molecule has 7 heteroatoms. The molecule has 0 heterocycles. The van der Waals surface area contributed by atoms with Crippen molar-refractivity contribution in [2.24, 2.45) is 0 Å². The van der Waals surface area contributed by atoms with Crippen LogP contribution in [0.3, 0.4) is 0 Å². The Kier molecular flexibility index (Phi) is 6.56. The first-order valence-electron chi connectivity index (χ1n) is 7.51. The van der Waals surface area contributed by atoms with Gasteiger partial charge in [-0.15, -0.1) is 0 Å². The number of hydrogen-bond donors (Lipinski definition) is 4. The zero-order valence-electron chi connectivity index (χ0n) is 13.3. The smallest absolute Gasteiger partial charge is 0.274 e. The second-order valence-corrected chi connectivity index (χ2v) is 5.00. The lowest BCUT2D eigenvalue weighted by Gasteiger charge is -2.07. The van der Waals surface area contributed by atoms with Gasteiger partial charge in [-0.3, -0.25) is 14.8 Å². The van der Waals surface area contributed by atoms with Crippen molar-refractivity contribution >= 4 is 17.9 Å². The Balaban J connectivity index is 1.73. The van der Waals surface area contributed by atoms with Crippen LogP contribution in [0.2, 0.25) is 0 Å². The Bertz CT molecular complexity index is 756. The van der Waals surface area contributed by atoms with Crippen molar-refractivity contribution in [3.63, 3.8) is 0 Å². The molecule has 130 valence electrons. The van der Waals surface area contributed by atoms with E-state index in [0.717, 1.165) is 0 Å². The maximum atomic E-state index is 11.7. The van der Waals surface area contributed by atoms with Gasteiger partial charge in [0.2, 0.25) is 5.91 Å². The number of ether oxygens (including phenoxy) is 1. The van der Waals surface area contributed by atoms with Crippen LogP contribution < -0.4 is 15.5 Å². The highest BCUT2D eigenvalue weighted by atomic mass is 16.5. The third kappa shape index (κ3) is 5.67. The molecule has 0 saturated heterocycles. The van der Waals surface area contributed by atoms with Crippen LogP contribution in [0.4, 0.5) is 0 Å². The van der Waals surface area contributed by atoms with Gasteiger partial charge in [-0.1, -0.05) is 18.2 Å². The number of hydrogen-bond acceptors (Lipinski definition) is 5. The number of carbonyl (C=O) groups is 2. The van der Waals surface area contributed by atoms with Crippen molar-refractivity contribution < 1.29 is 24.6 Å². The van der Waals surface area contributed by atoms with Crippen molar-refractivity contribution in [3.8, 4) is 11.5 Å². The number of carbonyl (C=O) groups excluding carboxylic acids is 2. The van der Waals surface area contributed by atoms with Crippen molar-refractivity contribution in [2.75, 3.05) is 13.2 Å². The van der Waals surface area contributed by atoms with Crippen molar-refractivity contribution in [1.29, 1.82) is 0 Å². The van der Waals surface area contributed by atoms with Crippen LogP contribution in [-0.4, -0.2) is 35.3 Å². The van der Waals surface area contributed by atoms with Crippen molar-refractivity contribution in [2.45, 2.75) is 0 Å². The zero-order valence-corrected chi connectivity index (χ0v) is 13.3.